The summed E-state index contributed by atoms with van der Waals surface area (Å²) in [6.45, 7) is 2.53. The topological polar surface area (TPSA) is 54.0 Å². The lowest BCUT2D eigenvalue weighted by Crippen LogP contribution is -2.15. The molecule has 0 fully saturated rings. The second kappa shape index (κ2) is 2.45. The number of Topliss-reactive ketones (excluding diaryl/α,β-unsaturated/α-hetero) is 1. The molecular weight excluding hydrogens is 108 g/mol. The molecule has 0 aliphatic heterocycles. The predicted molar refractivity (Wildman–Crippen MR) is 25.5 cm³/mol. The van der Waals surface area contributed by atoms with E-state index in [0.29, 0.717) is 0 Å². The van der Waals surface area contributed by atoms with Crippen LogP contribution in [-0.4, -0.2) is 11.8 Å². The van der Waals surface area contributed by atoms with Crippen LogP contribution in [0.4, 0.5) is 0 Å². The van der Waals surface area contributed by atoms with E-state index in [-0.39, 0.29) is 5.78 Å². The molecule has 45 valence electrons. The first kappa shape index (κ1) is 7.14. The minimum Gasteiger partial charge on any atom is -0.299 e. The fourth-order valence-corrected chi connectivity index (χ4v) is 0.166. The highest BCUT2D eigenvalue weighted by molar-refractivity contribution is 5.96. The van der Waals surface area contributed by atoms with Crippen molar-refractivity contribution in [3.63, 3.8) is 0 Å². The number of hydrogen-bond acceptors (Lipinski definition) is 2. The Labute approximate surface area is 47.3 Å². The maximum atomic E-state index is 10.2. The van der Waals surface area contributed by atoms with Crippen LogP contribution >= 0.6 is 0 Å². The first-order valence-corrected chi connectivity index (χ1v) is 2.27. The molecule has 0 spiro atoms. The molecule has 0 saturated carbocycles. The molecule has 0 N–H and O–H groups in total. The Kier molecular flexibility index (Phi) is 2.19. The Bertz CT molecular complexity index is 103. The third-order valence-electron chi connectivity index (χ3n) is 0.963. The van der Waals surface area contributed by atoms with Crippen LogP contribution in [0.3, 0.4) is 0 Å². The van der Waals surface area contributed by atoms with E-state index in [1.807, 2.05) is 0 Å². The van der Waals surface area contributed by atoms with Gasteiger partial charge in [-0.3, -0.25) is 4.79 Å². The number of hydrogen-bond donors (Lipinski definition) is 0. The van der Waals surface area contributed by atoms with Crippen LogP contribution in [-0.2, 0) is 14.7 Å². The largest absolute Gasteiger partial charge is 0.365 e. The van der Waals surface area contributed by atoms with Gasteiger partial charge in [-0.15, -0.1) is 0 Å². The summed E-state index contributed by atoms with van der Waals surface area (Å²) in [6.07, 6.45) is 0. The van der Waals surface area contributed by atoms with Crippen molar-refractivity contribution >= 4 is 11.8 Å². The first-order chi connectivity index (χ1) is 3.55. The lowest BCUT2D eigenvalue weighted by Gasteiger charge is -1.93. The molecule has 0 aromatic carbocycles. The van der Waals surface area contributed by atoms with Gasteiger partial charge in [0.05, 0.1) is 0 Å². The van der Waals surface area contributed by atoms with Crippen LogP contribution in [0.2, 0.25) is 0 Å². The highest BCUT2D eigenvalue weighted by Gasteiger charge is 2.16. The third kappa shape index (κ3) is 1.73. The summed E-state index contributed by atoms with van der Waals surface area (Å²) in [5, 5.41) is 9.81. The van der Waals surface area contributed by atoms with Gasteiger partial charge < -0.3 is 0 Å². The first-order valence-electron chi connectivity index (χ1n) is 2.27. The maximum absolute atomic E-state index is 10.2. The molecule has 8 heavy (non-hydrogen) atoms. The van der Waals surface area contributed by atoms with E-state index in [4.69, 9.17) is 0 Å². The summed E-state index contributed by atoms with van der Waals surface area (Å²) >= 11 is 0. The Morgan fingerprint density at radius 2 is 1.75 bits per heavy atom. The molecule has 0 heterocycles. The van der Waals surface area contributed by atoms with Gasteiger partial charge in [0.1, 0.15) is 11.7 Å². The monoisotopic (exact) mass is 115 g/mol. The molecule has 0 rings (SSSR count). The Hall–Kier alpha value is -0.860. The average molecular weight is 115 g/mol. The van der Waals surface area contributed by atoms with Crippen molar-refractivity contribution in [3.8, 4) is 0 Å². The Morgan fingerprint density at radius 1 is 1.38 bits per heavy atom. The van der Waals surface area contributed by atoms with Gasteiger partial charge in [-0.25, -0.2) is 9.90 Å². The van der Waals surface area contributed by atoms with Crippen LogP contribution in [0, 0.1) is 5.92 Å². The number of ketones is 1. The van der Waals surface area contributed by atoms with E-state index in [2.05, 4.69) is 0 Å². The summed E-state index contributed by atoms with van der Waals surface area (Å²) in [7, 11) is 0. The number of carbonyl (C=O) groups is 2. The van der Waals surface area contributed by atoms with E-state index in [0.717, 1.165) is 0 Å². The van der Waals surface area contributed by atoms with Crippen LogP contribution in [0.25, 0.3) is 0 Å². The van der Waals surface area contributed by atoms with E-state index < -0.39 is 11.9 Å². The van der Waals surface area contributed by atoms with Gasteiger partial charge in [-0.05, 0) is 13.8 Å². The average Bonchev–Trinajstić information content (AvgIpc) is 1.64. The standard InChI is InChI=1S/C5H7O3/c1-3(4(2)6)5(7)8/h3H,1-2H3. The zero-order valence-corrected chi connectivity index (χ0v) is 4.80. The van der Waals surface area contributed by atoms with Gasteiger partial charge in [0.25, 0.3) is 0 Å². The summed E-state index contributed by atoms with van der Waals surface area (Å²) in [6, 6.07) is 0. The summed E-state index contributed by atoms with van der Waals surface area (Å²) in [5.41, 5.74) is 0. The number of carbonyl (C=O) groups excluding carboxylic acids is 2. The highest BCUT2D eigenvalue weighted by atomic mass is 16.4. The molecule has 0 bridgehead atoms. The van der Waals surface area contributed by atoms with Crippen LogP contribution in [0.1, 0.15) is 13.8 Å². The number of rotatable bonds is 2. The normalized spacial score (nSPS) is 12.8. The van der Waals surface area contributed by atoms with Crippen molar-refractivity contribution < 1.29 is 14.7 Å². The molecule has 1 radical (unpaired) electrons. The summed E-state index contributed by atoms with van der Waals surface area (Å²) < 4.78 is 0. The molecule has 3 heteroatoms. The SMILES string of the molecule is CC(=O)C(C)C([O])=O. The zero-order valence-electron chi connectivity index (χ0n) is 4.80. The Balaban J connectivity index is 3.83. The molecule has 0 aliphatic rings. The molecule has 0 amide bonds. The fraction of sp³-hybridized carbons (Fsp3) is 0.600. The summed E-state index contributed by atoms with van der Waals surface area (Å²) in [5.74, 6) is -2.64. The van der Waals surface area contributed by atoms with Crippen molar-refractivity contribution in [3.05, 3.63) is 0 Å². The lowest BCUT2D eigenvalue weighted by molar-refractivity contribution is -0.150. The predicted octanol–water partition coefficient (Wildman–Crippen LogP) is 0.169. The van der Waals surface area contributed by atoms with E-state index in [9.17, 15) is 14.7 Å². The van der Waals surface area contributed by atoms with Crippen molar-refractivity contribution in [1.82, 2.24) is 0 Å². The van der Waals surface area contributed by atoms with Crippen molar-refractivity contribution in [2.45, 2.75) is 13.8 Å². The molecule has 1 unspecified atom stereocenters. The van der Waals surface area contributed by atoms with Gasteiger partial charge in [-0.1, -0.05) is 0 Å². The molecule has 0 aromatic heterocycles. The Morgan fingerprint density at radius 3 is 1.75 bits per heavy atom. The van der Waals surface area contributed by atoms with Crippen LogP contribution in [0.15, 0.2) is 0 Å². The highest BCUT2D eigenvalue weighted by Crippen LogP contribution is 1.94. The van der Waals surface area contributed by atoms with Crippen LogP contribution < -0.4 is 0 Å². The van der Waals surface area contributed by atoms with Gasteiger partial charge in [0, 0.05) is 0 Å². The van der Waals surface area contributed by atoms with Crippen LogP contribution in [0.5, 0.6) is 0 Å². The second-order valence-corrected chi connectivity index (χ2v) is 1.65. The molecule has 0 saturated heterocycles. The van der Waals surface area contributed by atoms with Gasteiger partial charge >= 0.3 is 5.97 Å². The molecular formula is C5H7O3. The minimum absolute atomic E-state index is 0.370. The van der Waals surface area contributed by atoms with Gasteiger partial charge in [0.2, 0.25) is 0 Å². The molecule has 0 aromatic rings. The molecule has 3 nitrogen and oxygen atoms in total. The smallest absolute Gasteiger partial charge is 0.299 e. The van der Waals surface area contributed by atoms with E-state index in [1.165, 1.54) is 13.8 Å². The minimum atomic E-state index is -1.31. The quantitative estimate of drug-likeness (QED) is 0.481. The van der Waals surface area contributed by atoms with Gasteiger partial charge in [0.15, 0.2) is 0 Å². The van der Waals surface area contributed by atoms with Crippen molar-refractivity contribution in [2.24, 2.45) is 5.92 Å². The maximum Gasteiger partial charge on any atom is 0.365 e. The second-order valence-electron chi connectivity index (χ2n) is 1.65. The molecule has 1 atom stereocenters. The molecule has 0 aliphatic carbocycles. The fourth-order valence-electron chi connectivity index (χ4n) is 0.166. The lowest BCUT2D eigenvalue weighted by atomic mass is 10.1. The van der Waals surface area contributed by atoms with E-state index >= 15 is 0 Å². The van der Waals surface area contributed by atoms with Crippen molar-refractivity contribution in [2.75, 3.05) is 0 Å². The summed E-state index contributed by atoms with van der Waals surface area (Å²) in [4.78, 5) is 20.0. The van der Waals surface area contributed by atoms with E-state index in [1.54, 1.807) is 0 Å². The third-order valence-corrected chi connectivity index (χ3v) is 0.963. The zero-order chi connectivity index (χ0) is 6.73. The van der Waals surface area contributed by atoms with Gasteiger partial charge in [-0.2, -0.15) is 0 Å². The van der Waals surface area contributed by atoms with Crippen molar-refractivity contribution in [1.29, 1.82) is 0 Å².